The number of rotatable bonds is 7. The van der Waals surface area contributed by atoms with E-state index in [0.29, 0.717) is 18.5 Å². The van der Waals surface area contributed by atoms with E-state index in [1.165, 1.54) is 18.2 Å². The fraction of sp³-hybridized carbons (Fsp3) is 0.462. The zero-order valence-corrected chi connectivity index (χ0v) is 11.1. The van der Waals surface area contributed by atoms with Crippen LogP contribution in [-0.4, -0.2) is 30.4 Å². The third-order valence-corrected chi connectivity index (χ3v) is 2.62. The van der Waals surface area contributed by atoms with Crippen molar-refractivity contribution in [1.82, 2.24) is 5.32 Å². The lowest BCUT2D eigenvalue weighted by Crippen LogP contribution is -2.38. The van der Waals surface area contributed by atoms with Crippen LogP contribution in [0.25, 0.3) is 0 Å². The zero-order valence-electron chi connectivity index (χ0n) is 11.1. The van der Waals surface area contributed by atoms with Gasteiger partial charge in [-0.2, -0.15) is 8.78 Å². The highest BCUT2D eigenvalue weighted by Crippen LogP contribution is 2.19. The number of carbonyl (C=O) groups is 1. The van der Waals surface area contributed by atoms with Crippen molar-refractivity contribution in [2.24, 2.45) is 0 Å². The molecular formula is C13H18F2N2O3. The standard InChI is InChI=1S/C13H18F2N2O3/c1-2-9(6-7-18)16-13(19)17-10-4-3-5-11(8-10)20-12(14)15/h3-5,8-9,12,18H,2,6-7H2,1H3,(H2,16,17,19). The number of hydrogen-bond donors (Lipinski definition) is 3. The molecule has 1 unspecified atom stereocenters. The van der Waals surface area contributed by atoms with Crippen LogP contribution >= 0.6 is 0 Å². The second-order valence-corrected chi connectivity index (χ2v) is 4.12. The minimum absolute atomic E-state index is 0.0174. The molecule has 0 saturated carbocycles. The highest BCUT2D eigenvalue weighted by Gasteiger charge is 2.10. The summed E-state index contributed by atoms with van der Waals surface area (Å²) in [7, 11) is 0. The average Bonchev–Trinajstić information content (AvgIpc) is 2.37. The van der Waals surface area contributed by atoms with Crippen LogP contribution in [0, 0.1) is 0 Å². The molecule has 0 aliphatic heterocycles. The maximum absolute atomic E-state index is 12.1. The molecule has 112 valence electrons. The van der Waals surface area contributed by atoms with Gasteiger partial charge in [-0.25, -0.2) is 4.79 Å². The molecule has 0 radical (unpaired) electrons. The van der Waals surface area contributed by atoms with Gasteiger partial charge in [0.15, 0.2) is 0 Å². The van der Waals surface area contributed by atoms with Gasteiger partial charge in [0.2, 0.25) is 0 Å². The number of halogens is 2. The molecule has 20 heavy (non-hydrogen) atoms. The number of urea groups is 1. The fourth-order valence-electron chi connectivity index (χ4n) is 1.64. The maximum Gasteiger partial charge on any atom is 0.387 e. The lowest BCUT2D eigenvalue weighted by molar-refractivity contribution is -0.0497. The quantitative estimate of drug-likeness (QED) is 0.722. The van der Waals surface area contributed by atoms with Crippen molar-refractivity contribution in [2.75, 3.05) is 11.9 Å². The number of hydrogen-bond acceptors (Lipinski definition) is 3. The minimum Gasteiger partial charge on any atom is -0.435 e. The lowest BCUT2D eigenvalue weighted by atomic mass is 10.2. The topological polar surface area (TPSA) is 70.6 Å². The summed E-state index contributed by atoms with van der Waals surface area (Å²) in [6, 6.07) is 5.14. The first-order valence-corrected chi connectivity index (χ1v) is 6.28. The average molecular weight is 288 g/mol. The number of ether oxygens (including phenoxy) is 1. The largest absolute Gasteiger partial charge is 0.435 e. The third-order valence-electron chi connectivity index (χ3n) is 2.62. The van der Waals surface area contributed by atoms with E-state index < -0.39 is 12.6 Å². The van der Waals surface area contributed by atoms with E-state index in [9.17, 15) is 13.6 Å². The van der Waals surface area contributed by atoms with Crippen LogP contribution in [-0.2, 0) is 0 Å². The Morgan fingerprint density at radius 2 is 2.20 bits per heavy atom. The zero-order chi connectivity index (χ0) is 15.0. The molecule has 0 saturated heterocycles. The van der Waals surface area contributed by atoms with E-state index in [1.807, 2.05) is 6.92 Å². The first kappa shape index (κ1) is 16.2. The fourth-order valence-corrected chi connectivity index (χ4v) is 1.64. The number of benzene rings is 1. The summed E-state index contributed by atoms with van der Waals surface area (Å²) in [4.78, 5) is 11.7. The summed E-state index contributed by atoms with van der Waals surface area (Å²) in [5.41, 5.74) is 0.347. The molecule has 1 aromatic rings. The Kier molecular flexibility index (Phi) is 6.72. The molecule has 1 aromatic carbocycles. The molecule has 0 aliphatic carbocycles. The van der Waals surface area contributed by atoms with Gasteiger partial charge in [-0.05, 0) is 25.0 Å². The second kappa shape index (κ2) is 8.31. The van der Waals surface area contributed by atoms with Gasteiger partial charge < -0.3 is 20.5 Å². The van der Waals surface area contributed by atoms with Crippen LogP contribution in [0.5, 0.6) is 5.75 Å². The molecule has 5 nitrogen and oxygen atoms in total. The van der Waals surface area contributed by atoms with Crippen molar-refractivity contribution in [3.8, 4) is 5.75 Å². The number of carbonyl (C=O) groups excluding carboxylic acids is 1. The van der Waals surface area contributed by atoms with Crippen LogP contribution in [0.4, 0.5) is 19.3 Å². The Balaban J connectivity index is 2.56. The van der Waals surface area contributed by atoms with E-state index in [4.69, 9.17) is 5.11 Å². The Bertz CT molecular complexity index is 430. The van der Waals surface area contributed by atoms with Gasteiger partial charge in [0.25, 0.3) is 0 Å². The van der Waals surface area contributed by atoms with Crippen molar-refractivity contribution in [3.63, 3.8) is 0 Å². The van der Waals surface area contributed by atoms with Crippen molar-refractivity contribution < 1.29 is 23.4 Å². The molecule has 1 atom stereocenters. The van der Waals surface area contributed by atoms with Gasteiger partial charge in [-0.15, -0.1) is 0 Å². The molecule has 7 heteroatoms. The number of nitrogens with one attached hydrogen (secondary N) is 2. The van der Waals surface area contributed by atoms with Gasteiger partial charge in [-0.1, -0.05) is 13.0 Å². The number of amides is 2. The van der Waals surface area contributed by atoms with Crippen LogP contribution in [0.2, 0.25) is 0 Å². The molecule has 0 bridgehead atoms. The van der Waals surface area contributed by atoms with Gasteiger partial charge in [0.05, 0.1) is 0 Å². The molecule has 0 aliphatic rings. The summed E-state index contributed by atoms with van der Waals surface area (Å²) in [6.07, 6.45) is 1.14. The summed E-state index contributed by atoms with van der Waals surface area (Å²) in [6.45, 7) is -1.04. The Hall–Kier alpha value is -1.89. The number of aliphatic hydroxyl groups excluding tert-OH is 1. The Labute approximate surface area is 115 Å². The van der Waals surface area contributed by atoms with Crippen LogP contribution in [0.15, 0.2) is 24.3 Å². The number of alkyl halides is 2. The molecule has 2 amide bonds. The smallest absolute Gasteiger partial charge is 0.387 e. The van der Waals surface area contributed by atoms with Crippen LogP contribution in [0.1, 0.15) is 19.8 Å². The molecule has 1 rings (SSSR count). The third kappa shape index (κ3) is 5.83. The molecule has 3 N–H and O–H groups in total. The SMILES string of the molecule is CCC(CCO)NC(=O)Nc1cccc(OC(F)F)c1. The number of anilines is 1. The van der Waals surface area contributed by atoms with E-state index in [2.05, 4.69) is 15.4 Å². The lowest BCUT2D eigenvalue weighted by Gasteiger charge is -2.16. The van der Waals surface area contributed by atoms with Gasteiger partial charge in [0, 0.05) is 24.4 Å². The predicted molar refractivity (Wildman–Crippen MR) is 71.0 cm³/mol. The number of aliphatic hydroxyl groups is 1. The first-order valence-electron chi connectivity index (χ1n) is 6.28. The van der Waals surface area contributed by atoms with Crippen LogP contribution in [0.3, 0.4) is 0 Å². The van der Waals surface area contributed by atoms with Crippen molar-refractivity contribution in [3.05, 3.63) is 24.3 Å². The first-order chi connectivity index (χ1) is 9.55. The normalized spacial score (nSPS) is 12.1. The van der Waals surface area contributed by atoms with Crippen LogP contribution < -0.4 is 15.4 Å². The summed E-state index contributed by atoms with van der Waals surface area (Å²) < 4.78 is 28.4. The summed E-state index contributed by atoms with van der Waals surface area (Å²) in [5, 5.41) is 14.0. The van der Waals surface area contributed by atoms with E-state index >= 15 is 0 Å². The molecular weight excluding hydrogens is 270 g/mol. The minimum atomic E-state index is -2.91. The molecule has 0 fully saturated rings. The Morgan fingerprint density at radius 3 is 2.80 bits per heavy atom. The molecule has 0 aromatic heterocycles. The molecule has 0 heterocycles. The van der Waals surface area contributed by atoms with Gasteiger partial charge in [-0.3, -0.25) is 0 Å². The maximum atomic E-state index is 12.1. The van der Waals surface area contributed by atoms with Gasteiger partial charge >= 0.3 is 12.6 Å². The summed E-state index contributed by atoms with van der Waals surface area (Å²) in [5.74, 6) is -0.0276. The van der Waals surface area contributed by atoms with Crippen molar-refractivity contribution in [2.45, 2.75) is 32.4 Å². The Morgan fingerprint density at radius 1 is 1.45 bits per heavy atom. The summed E-state index contributed by atoms with van der Waals surface area (Å²) >= 11 is 0. The van der Waals surface area contributed by atoms with E-state index in [1.54, 1.807) is 6.07 Å². The highest BCUT2D eigenvalue weighted by molar-refractivity contribution is 5.89. The highest BCUT2D eigenvalue weighted by atomic mass is 19.3. The van der Waals surface area contributed by atoms with Gasteiger partial charge in [0.1, 0.15) is 5.75 Å². The predicted octanol–water partition coefficient (Wildman–Crippen LogP) is 2.57. The van der Waals surface area contributed by atoms with E-state index in [-0.39, 0.29) is 18.4 Å². The van der Waals surface area contributed by atoms with E-state index in [0.717, 1.165) is 0 Å². The second-order valence-electron chi connectivity index (χ2n) is 4.12. The monoisotopic (exact) mass is 288 g/mol. The van der Waals surface area contributed by atoms with Crippen molar-refractivity contribution >= 4 is 11.7 Å². The molecule has 0 spiro atoms. The van der Waals surface area contributed by atoms with Crippen molar-refractivity contribution in [1.29, 1.82) is 0 Å².